The van der Waals surface area contributed by atoms with Crippen LogP contribution in [0.25, 0.3) is 0 Å². The predicted molar refractivity (Wildman–Crippen MR) is 82.7 cm³/mol. The predicted octanol–water partition coefficient (Wildman–Crippen LogP) is 2.71. The Hall–Kier alpha value is -1.40. The van der Waals surface area contributed by atoms with Crippen molar-refractivity contribution < 1.29 is 17.5 Å². The van der Waals surface area contributed by atoms with Crippen LogP contribution in [0.4, 0.5) is 4.39 Å². The number of benzene rings is 1. The highest BCUT2D eigenvalue weighted by Crippen LogP contribution is 2.47. The lowest BCUT2D eigenvalue weighted by Crippen LogP contribution is -2.36. The molecule has 2 aliphatic rings. The highest BCUT2D eigenvalue weighted by Gasteiger charge is 2.47. The Morgan fingerprint density at radius 2 is 2.14 bits per heavy atom. The maximum Gasteiger partial charge on any atom is 0.215 e. The Bertz CT molecular complexity index is 679. The van der Waals surface area contributed by atoms with E-state index in [9.17, 15) is 12.8 Å². The minimum Gasteiger partial charge on any atom is -0.490 e. The Labute approximate surface area is 130 Å². The number of sulfonamides is 1. The van der Waals surface area contributed by atoms with E-state index < -0.39 is 21.4 Å². The van der Waals surface area contributed by atoms with Crippen molar-refractivity contribution in [1.29, 1.82) is 0 Å². The molecular formula is C16H20FNO3S. The molecule has 0 radical (unpaired) electrons. The summed E-state index contributed by atoms with van der Waals surface area (Å²) in [7, 11) is -3.42. The van der Waals surface area contributed by atoms with Crippen molar-refractivity contribution in [1.82, 2.24) is 4.72 Å². The summed E-state index contributed by atoms with van der Waals surface area (Å²) in [5.41, 5.74) is 0.139. The Morgan fingerprint density at radius 1 is 1.41 bits per heavy atom. The lowest BCUT2D eigenvalue weighted by molar-refractivity contribution is 0.284. The topological polar surface area (TPSA) is 55.4 Å². The zero-order valence-electron chi connectivity index (χ0n) is 12.3. The average molecular weight is 325 g/mol. The average Bonchev–Trinajstić information content (AvgIpc) is 3.33. The second kappa shape index (κ2) is 5.66. The van der Waals surface area contributed by atoms with Gasteiger partial charge in [-0.15, -0.1) is 6.58 Å². The minimum atomic E-state index is -3.42. The fourth-order valence-corrected chi connectivity index (χ4v) is 3.78. The van der Waals surface area contributed by atoms with E-state index in [1.54, 1.807) is 12.1 Å². The third-order valence-electron chi connectivity index (χ3n) is 4.09. The number of halogens is 1. The zero-order valence-corrected chi connectivity index (χ0v) is 13.2. The molecular weight excluding hydrogens is 305 g/mol. The normalized spacial score (nSPS) is 19.7. The number of hydrogen-bond donors (Lipinski definition) is 1. The van der Waals surface area contributed by atoms with Crippen LogP contribution in [-0.4, -0.2) is 20.8 Å². The SMILES string of the molecule is C=CCS(=O)(=O)NC1(c2ccc(F)c(OCC3CC3)c2)CC1. The lowest BCUT2D eigenvalue weighted by atomic mass is 10.1. The van der Waals surface area contributed by atoms with Gasteiger partial charge in [0.2, 0.25) is 10.0 Å². The number of rotatable bonds is 8. The van der Waals surface area contributed by atoms with Crippen LogP contribution in [-0.2, 0) is 15.6 Å². The Balaban J connectivity index is 1.78. The van der Waals surface area contributed by atoms with Gasteiger partial charge in [-0.1, -0.05) is 12.1 Å². The molecule has 1 aromatic rings. The van der Waals surface area contributed by atoms with Crippen molar-refractivity contribution >= 4 is 10.0 Å². The van der Waals surface area contributed by atoms with Gasteiger partial charge in [-0.05, 0) is 49.3 Å². The second-order valence-corrected chi connectivity index (χ2v) is 7.92. The summed E-state index contributed by atoms with van der Waals surface area (Å²) in [5.74, 6) is 0.206. The van der Waals surface area contributed by atoms with Gasteiger partial charge in [0, 0.05) is 0 Å². The molecule has 0 aromatic heterocycles. The van der Waals surface area contributed by atoms with Crippen molar-refractivity contribution in [2.75, 3.05) is 12.4 Å². The molecule has 2 saturated carbocycles. The van der Waals surface area contributed by atoms with Gasteiger partial charge >= 0.3 is 0 Å². The monoisotopic (exact) mass is 325 g/mol. The summed E-state index contributed by atoms with van der Waals surface area (Å²) in [6.45, 7) is 3.98. The van der Waals surface area contributed by atoms with Crippen LogP contribution in [0.2, 0.25) is 0 Å². The first-order chi connectivity index (χ1) is 10.4. The zero-order chi connectivity index (χ0) is 15.8. The molecule has 0 atom stereocenters. The Kier molecular flexibility index (Phi) is 3.99. The summed E-state index contributed by atoms with van der Waals surface area (Å²) in [5, 5.41) is 0. The first-order valence-corrected chi connectivity index (χ1v) is 9.15. The highest BCUT2D eigenvalue weighted by atomic mass is 32.2. The molecule has 4 nitrogen and oxygen atoms in total. The molecule has 6 heteroatoms. The van der Waals surface area contributed by atoms with Gasteiger partial charge in [0.05, 0.1) is 17.9 Å². The van der Waals surface area contributed by atoms with Crippen molar-refractivity contribution in [3.8, 4) is 5.75 Å². The number of ether oxygens (including phenoxy) is 1. The standard InChI is InChI=1S/C16H20FNO3S/c1-2-9-22(19,20)18-16(7-8-16)13-5-6-14(17)15(10-13)21-11-12-3-4-12/h2,5-6,10,12,18H,1,3-4,7-9,11H2. The van der Waals surface area contributed by atoms with Crippen LogP contribution in [0.5, 0.6) is 5.75 Å². The summed E-state index contributed by atoms with van der Waals surface area (Å²) in [6, 6.07) is 4.60. The summed E-state index contributed by atoms with van der Waals surface area (Å²) in [4.78, 5) is 0. The number of nitrogens with one attached hydrogen (secondary N) is 1. The highest BCUT2D eigenvalue weighted by molar-refractivity contribution is 7.89. The number of hydrogen-bond acceptors (Lipinski definition) is 3. The van der Waals surface area contributed by atoms with Crippen LogP contribution in [0, 0.1) is 11.7 Å². The molecule has 0 bridgehead atoms. The van der Waals surface area contributed by atoms with Gasteiger partial charge in [0.25, 0.3) is 0 Å². The second-order valence-electron chi connectivity index (χ2n) is 6.15. The van der Waals surface area contributed by atoms with Gasteiger partial charge in [-0.3, -0.25) is 0 Å². The van der Waals surface area contributed by atoms with Crippen LogP contribution < -0.4 is 9.46 Å². The molecule has 120 valence electrons. The molecule has 2 aliphatic carbocycles. The van der Waals surface area contributed by atoms with Crippen molar-refractivity contribution in [3.05, 3.63) is 42.2 Å². The van der Waals surface area contributed by atoms with Crippen molar-refractivity contribution in [2.45, 2.75) is 31.2 Å². The van der Waals surface area contributed by atoms with E-state index in [2.05, 4.69) is 11.3 Å². The first kappa shape index (κ1) is 15.5. The maximum absolute atomic E-state index is 13.8. The van der Waals surface area contributed by atoms with E-state index in [1.165, 1.54) is 12.1 Å². The van der Waals surface area contributed by atoms with Gasteiger partial charge in [-0.2, -0.15) is 0 Å². The molecule has 0 spiro atoms. The summed E-state index contributed by atoms with van der Waals surface area (Å²) < 4.78 is 46.0. The fraction of sp³-hybridized carbons (Fsp3) is 0.500. The van der Waals surface area contributed by atoms with E-state index in [4.69, 9.17) is 4.74 Å². The largest absolute Gasteiger partial charge is 0.490 e. The molecule has 0 amide bonds. The third kappa shape index (κ3) is 3.50. The molecule has 0 unspecified atom stereocenters. The lowest BCUT2D eigenvalue weighted by Gasteiger charge is -2.19. The molecule has 3 rings (SSSR count). The van der Waals surface area contributed by atoms with Crippen LogP contribution in [0.1, 0.15) is 31.2 Å². The van der Waals surface area contributed by atoms with E-state index in [1.807, 2.05) is 0 Å². The van der Waals surface area contributed by atoms with Crippen molar-refractivity contribution in [2.24, 2.45) is 5.92 Å². The summed E-state index contributed by atoms with van der Waals surface area (Å²) in [6.07, 6.45) is 5.03. The molecule has 22 heavy (non-hydrogen) atoms. The van der Waals surface area contributed by atoms with Crippen LogP contribution in [0.15, 0.2) is 30.9 Å². The van der Waals surface area contributed by atoms with Gasteiger partial charge in [0.1, 0.15) is 0 Å². The fourth-order valence-electron chi connectivity index (χ4n) is 2.47. The van der Waals surface area contributed by atoms with Crippen LogP contribution >= 0.6 is 0 Å². The summed E-state index contributed by atoms with van der Waals surface area (Å²) >= 11 is 0. The van der Waals surface area contributed by atoms with E-state index >= 15 is 0 Å². The van der Waals surface area contributed by atoms with Gasteiger partial charge < -0.3 is 4.74 Å². The van der Waals surface area contributed by atoms with Crippen LogP contribution in [0.3, 0.4) is 0 Å². The minimum absolute atomic E-state index is 0.124. The smallest absolute Gasteiger partial charge is 0.215 e. The van der Waals surface area contributed by atoms with E-state index in [0.29, 0.717) is 25.4 Å². The van der Waals surface area contributed by atoms with E-state index in [-0.39, 0.29) is 11.5 Å². The Morgan fingerprint density at radius 3 is 2.73 bits per heavy atom. The molecule has 1 aromatic carbocycles. The molecule has 1 N–H and O–H groups in total. The molecule has 2 fully saturated rings. The molecule has 0 aliphatic heterocycles. The van der Waals surface area contributed by atoms with Gasteiger partial charge in [0.15, 0.2) is 11.6 Å². The molecule has 0 saturated heterocycles. The van der Waals surface area contributed by atoms with Gasteiger partial charge in [-0.25, -0.2) is 17.5 Å². The third-order valence-corrected chi connectivity index (χ3v) is 5.47. The van der Waals surface area contributed by atoms with E-state index in [0.717, 1.165) is 18.4 Å². The molecule has 0 heterocycles. The van der Waals surface area contributed by atoms with Crippen molar-refractivity contribution in [3.63, 3.8) is 0 Å². The maximum atomic E-state index is 13.8. The first-order valence-electron chi connectivity index (χ1n) is 7.49. The quantitative estimate of drug-likeness (QED) is 0.748.